The van der Waals surface area contributed by atoms with Gasteiger partial charge >= 0.3 is 0 Å². The van der Waals surface area contributed by atoms with Gasteiger partial charge in [0, 0.05) is 4.88 Å². The van der Waals surface area contributed by atoms with Gasteiger partial charge in [0.15, 0.2) is 11.3 Å². The lowest BCUT2D eigenvalue weighted by Gasteiger charge is -2.13. The van der Waals surface area contributed by atoms with Crippen LogP contribution in [0.5, 0.6) is 0 Å². The molecule has 0 aliphatic heterocycles. The normalized spacial score (nSPS) is 12.0. The summed E-state index contributed by atoms with van der Waals surface area (Å²) in [4.78, 5) is 34.1. The monoisotopic (exact) mass is 391 g/mol. The van der Waals surface area contributed by atoms with E-state index in [0.29, 0.717) is 5.69 Å². The van der Waals surface area contributed by atoms with Crippen molar-refractivity contribution in [2.24, 2.45) is 5.73 Å². The number of imidazole rings is 1. The third-order valence-corrected chi connectivity index (χ3v) is 5.41. The smallest absolute Gasteiger partial charge is 0.271 e. The first kappa shape index (κ1) is 17.9. The van der Waals surface area contributed by atoms with Crippen molar-refractivity contribution in [3.63, 3.8) is 0 Å². The van der Waals surface area contributed by atoms with E-state index in [9.17, 15) is 9.59 Å². The fourth-order valence-corrected chi connectivity index (χ4v) is 3.71. The predicted octanol–water partition coefficient (Wildman–Crippen LogP) is 3.05. The van der Waals surface area contributed by atoms with Crippen molar-refractivity contribution in [3.8, 4) is 11.3 Å². The Balaban J connectivity index is 1.81. The third kappa shape index (κ3) is 3.25. The van der Waals surface area contributed by atoms with Crippen LogP contribution in [0.1, 0.15) is 38.8 Å². The van der Waals surface area contributed by atoms with Crippen molar-refractivity contribution < 1.29 is 9.59 Å². The van der Waals surface area contributed by atoms with Crippen LogP contribution in [0.4, 0.5) is 0 Å². The maximum atomic E-state index is 12.9. The molecular formula is C20H17N5O2S. The van der Waals surface area contributed by atoms with Crippen LogP contribution in [0.15, 0.2) is 60.2 Å². The van der Waals surface area contributed by atoms with Crippen molar-refractivity contribution in [1.29, 1.82) is 0 Å². The Morgan fingerprint density at radius 3 is 2.64 bits per heavy atom. The SMILES string of the molecule is CC(NC(=O)c1cc(-c2ccccc2)n2cnc(C(N)=O)c2n1)c1cccs1. The molecule has 8 heteroatoms. The van der Waals surface area contributed by atoms with E-state index in [0.717, 1.165) is 10.4 Å². The number of rotatable bonds is 5. The van der Waals surface area contributed by atoms with Crippen LogP contribution in [0.2, 0.25) is 0 Å². The summed E-state index contributed by atoms with van der Waals surface area (Å²) >= 11 is 1.57. The quantitative estimate of drug-likeness (QED) is 0.546. The Morgan fingerprint density at radius 1 is 1.18 bits per heavy atom. The Bertz CT molecular complexity index is 1150. The van der Waals surface area contributed by atoms with Crippen LogP contribution >= 0.6 is 11.3 Å². The molecule has 7 nitrogen and oxygen atoms in total. The molecule has 4 rings (SSSR count). The van der Waals surface area contributed by atoms with Crippen LogP contribution in [0, 0.1) is 0 Å². The molecule has 0 aliphatic rings. The van der Waals surface area contributed by atoms with Gasteiger partial charge < -0.3 is 11.1 Å². The number of nitrogens with one attached hydrogen (secondary N) is 1. The Morgan fingerprint density at radius 2 is 1.96 bits per heavy atom. The first-order valence-corrected chi connectivity index (χ1v) is 9.50. The summed E-state index contributed by atoms with van der Waals surface area (Å²) in [6, 6.07) is 14.9. The molecule has 0 bridgehead atoms. The van der Waals surface area contributed by atoms with Gasteiger partial charge in [0.25, 0.3) is 11.8 Å². The molecule has 0 saturated carbocycles. The molecule has 0 aliphatic carbocycles. The zero-order valence-corrected chi connectivity index (χ0v) is 15.8. The molecule has 3 N–H and O–H groups in total. The first-order valence-electron chi connectivity index (χ1n) is 8.62. The average molecular weight is 391 g/mol. The first-order chi connectivity index (χ1) is 13.5. The molecule has 28 heavy (non-hydrogen) atoms. The number of hydrogen-bond donors (Lipinski definition) is 2. The highest BCUT2D eigenvalue weighted by molar-refractivity contribution is 7.10. The van der Waals surface area contributed by atoms with Crippen LogP contribution in [0.3, 0.4) is 0 Å². The molecule has 4 aromatic rings. The van der Waals surface area contributed by atoms with E-state index < -0.39 is 5.91 Å². The van der Waals surface area contributed by atoms with E-state index >= 15 is 0 Å². The average Bonchev–Trinajstić information content (AvgIpc) is 3.37. The van der Waals surface area contributed by atoms with Crippen molar-refractivity contribution in [2.45, 2.75) is 13.0 Å². The number of benzene rings is 1. The molecule has 1 atom stereocenters. The number of thiophene rings is 1. The summed E-state index contributed by atoms with van der Waals surface area (Å²) < 4.78 is 1.66. The van der Waals surface area contributed by atoms with Crippen LogP contribution in [0.25, 0.3) is 16.9 Å². The highest BCUT2D eigenvalue weighted by Crippen LogP contribution is 2.24. The van der Waals surface area contributed by atoms with Crippen molar-refractivity contribution in [1.82, 2.24) is 19.7 Å². The molecule has 1 aromatic carbocycles. The van der Waals surface area contributed by atoms with Gasteiger partial charge in [-0.3, -0.25) is 14.0 Å². The fourth-order valence-electron chi connectivity index (χ4n) is 2.97. The second-order valence-electron chi connectivity index (χ2n) is 6.25. The molecule has 0 radical (unpaired) electrons. The molecule has 0 spiro atoms. The second-order valence-corrected chi connectivity index (χ2v) is 7.23. The zero-order valence-electron chi connectivity index (χ0n) is 15.0. The molecule has 140 valence electrons. The van der Waals surface area contributed by atoms with Crippen molar-refractivity contribution in [2.75, 3.05) is 0 Å². The second kappa shape index (κ2) is 7.24. The van der Waals surface area contributed by atoms with Gasteiger partial charge in [0.1, 0.15) is 12.0 Å². The Hall–Kier alpha value is -3.52. The number of carbonyl (C=O) groups excluding carboxylic acids is 2. The zero-order chi connectivity index (χ0) is 19.7. The molecule has 0 saturated heterocycles. The predicted molar refractivity (Wildman–Crippen MR) is 107 cm³/mol. The van der Waals surface area contributed by atoms with E-state index in [-0.39, 0.29) is 29.0 Å². The van der Waals surface area contributed by atoms with E-state index in [1.807, 2.05) is 54.8 Å². The summed E-state index contributed by atoms with van der Waals surface area (Å²) in [6.45, 7) is 1.91. The molecule has 1 unspecified atom stereocenters. The number of aromatic nitrogens is 3. The van der Waals surface area contributed by atoms with Gasteiger partial charge in [0.2, 0.25) is 0 Å². The number of amides is 2. The molecular weight excluding hydrogens is 374 g/mol. The minimum Gasteiger partial charge on any atom is -0.364 e. The molecule has 2 amide bonds. The lowest BCUT2D eigenvalue weighted by atomic mass is 10.1. The number of fused-ring (bicyclic) bond motifs is 1. The summed E-state index contributed by atoms with van der Waals surface area (Å²) in [5, 5.41) is 4.91. The lowest BCUT2D eigenvalue weighted by molar-refractivity contribution is 0.0934. The molecule has 0 fully saturated rings. The van der Waals surface area contributed by atoms with Crippen molar-refractivity contribution >= 4 is 28.8 Å². The minimum atomic E-state index is -0.696. The van der Waals surface area contributed by atoms with Crippen LogP contribution < -0.4 is 11.1 Å². The fraction of sp³-hybridized carbons (Fsp3) is 0.100. The van der Waals surface area contributed by atoms with Crippen LogP contribution in [-0.2, 0) is 0 Å². The highest BCUT2D eigenvalue weighted by atomic mass is 32.1. The summed E-state index contributed by atoms with van der Waals surface area (Å²) in [7, 11) is 0. The Labute approximate surface area is 164 Å². The highest BCUT2D eigenvalue weighted by Gasteiger charge is 2.20. The van der Waals surface area contributed by atoms with Gasteiger partial charge in [-0.2, -0.15) is 0 Å². The largest absolute Gasteiger partial charge is 0.364 e. The lowest BCUT2D eigenvalue weighted by Crippen LogP contribution is -2.27. The maximum absolute atomic E-state index is 12.9. The summed E-state index contributed by atoms with van der Waals surface area (Å²) in [6.07, 6.45) is 1.49. The van der Waals surface area contributed by atoms with Gasteiger partial charge in [-0.25, -0.2) is 9.97 Å². The maximum Gasteiger partial charge on any atom is 0.271 e. The number of hydrogen-bond acceptors (Lipinski definition) is 5. The Kier molecular flexibility index (Phi) is 4.62. The van der Waals surface area contributed by atoms with Gasteiger partial charge in [-0.05, 0) is 30.0 Å². The number of nitrogens with zero attached hydrogens (tertiary/aromatic N) is 3. The van der Waals surface area contributed by atoms with E-state index in [4.69, 9.17) is 5.73 Å². The van der Waals surface area contributed by atoms with Crippen molar-refractivity contribution in [3.05, 3.63) is 76.5 Å². The van der Waals surface area contributed by atoms with Gasteiger partial charge in [0.05, 0.1) is 11.7 Å². The summed E-state index contributed by atoms with van der Waals surface area (Å²) in [5.41, 5.74) is 7.46. The van der Waals surface area contributed by atoms with Gasteiger partial charge in [-0.1, -0.05) is 36.4 Å². The van der Waals surface area contributed by atoms with E-state index in [2.05, 4.69) is 15.3 Å². The minimum absolute atomic E-state index is 0.0261. The molecule has 3 heterocycles. The number of primary amides is 1. The number of nitrogens with two attached hydrogens (primary N) is 1. The van der Waals surface area contributed by atoms with E-state index in [1.54, 1.807) is 21.8 Å². The standard InChI is InChI=1S/C20H17N5O2S/c1-12(16-8-5-9-28-16)23-20(27)14-10-15(13-6-3-2-4-7-13)25-11-22-17(18(21)26)19(25)24-14/h2-12H,1H3,(H2,21,26)(H,23,27). The van der Waals surface area contributed by atoms with Gasteiger partial charge in [-0.15, -0.1) is 11.3 Å². The van der Waals surface area contributed by atoms with Crippen LogP contribution in [-0.4, -0.2) is 26.2 Å². The third-order valence-electron chi connectivity index (χ3n) is 4.35. The summed E-state index contributed by atoms with van der Waals surface area (Å²) in [5.74, 6) is -1.03. The van der Waals surface area contributed by atoms with E-state index in [1.165, 1.54) is 6.33 Å². The number of carbonyl (C=O) groups is 2. The molecule has 3 aromatic heterocycles. The topological polar surface area (TPSA) is 102 Å².